The first-order valence-electron chi connectivity index (χ1n) is 9.23. The monoisotopic (exact) mass is 423 g/mol. The van der Waals surface area contributed by atoms with Crippen molar-refractivity contribution in [2.24, 2.45) is 0 Å². The maximum atomic E-state index is 12.8. The van der Waals surface area contributed by atoms with Crippen LogP contribution in [0.2, 0.25) is 0 Å². The number of benzene rings is 2. The molecule has 4 rings (SSSR count). The van der Waals surface area contributed by atoms with Crippen molar-refractivity contribution in [3.05, 3.63) is 65.5 Å². The zero-order chi connectivity index (χ0) is 20.8. The molecule has 1 atom stereocenters. The molecule has 1 aliphatic rings. The van der Waals surface area contributed by atoms with Crippen LogP contribution in [0.15, 0.2) is 48.5 Å². The third-order valence-electron chi connectivity index (χ3n) is 5.29. The first-order valence-corrected chi connectivity index (χ1v) is 10.8. The smallest absolute Gasteiger partial charge is 0.324 e. The van der Waals surface area contributed by atoms with Crippen molar-refractivity contribution in [3.63, 3.8) is 0 Å². The third kappa shape index (κ3) is 3.89. The SMILES string of the molecule is Cc1nc2ccccc2n1[C@@H]1CCN(S(=O)(=O)Cc2ccc(C(F)(F)F)cc2)C1. The van der Waals surface area contributed by atoms with E-state index in [1.54, 1.807) is 0 Å². The molecule has 1 saturated heterocycles. The Kier molecular flexibility index (Phi) is 4.90. The molecule has 3 aromatic rings. The molecule has 2 aromatic carbocycles. The molecule has 0 radical (unpaired) electrons. The molecule has 2 heterocycles. The summed E-state index contributed by atoms with van der Waals surface area (Å²) in [6, 6.07) is 12.0. The van der Waals surface area contributed by atoms with Crippen LogP contribution in [0.25, 0.3) is 11.0 Å². The van der Waals surface area contributed by atoms with Gasteiger partial charge in [-0.05, 0) is 43.2 Å². The molecule has 29 heavy (non-hydrogen) atoms. The van der Waals surface area contributed by atoms with E-state index in [1.165, 1.54) is 16.4 Å². The quantitative estimate of drug-likeness (QED) is 0.634. The highest BCUT2D eigenvalue weighted by Gasteiger charge is 2.34. The number of para-hydroxylation sites is 2. The van der Waals surface area contributed by atoms with Crippen LogP contribution in [0.1, 0.15) is 29.4 Å². The number of imidazole rings is 1. The maximum absolute atomic E-state index is 12.8. The second-order valence-corrected chi connectivity index (χ2v) is 9.24. The van der Waals surface area contributed by atoms with Crippen LogP contribution < -0.4 is 0 Å². The Labute approximate surface area is 166 Å². The van der Waals surface area contributed by atoms with Crippen LogP contribution in [-0.4, -0.2) is 35.4 Å². The fourth-order valence-corrected chi connectivity index (χ4v) is 5.47. The highest BCUT2D eigenvalue weighted by Crippen LogP contribution is 2.31. The standard InChI is InChI=1S/C20H20F3N3O2S/c1-14-24-18-4-2-3-5-19(18)26(14)17-10-11-25(12-17)29(27,28)13-15-6-8-16(9-7-15)20(21,22)23/h2-9,17H,10-13H2,1H3/t17-/m1/s1. The summed E-state index contributed by atoms with van der Waals surface area (Å²) in [4.78, 5) is 4.54. The lowest BCUT2D eigenvalue weighted by Gasteiger charge is -2.18. The van der Waals surface area contributed by atoms with Gasteiger partial charge in [0.15, 0.2) is 0 Å². The van der Waals surface area contributed by atoms with E-state index in [9.17, 15) is 21.6 Å². The van der Waals surface area contributed by atoms with Crippen molar-refractivity contribution in [2.45, 2.75) is 31.3 Å². The van der Waals surface area contributed by atoms with E-state index in [4.69, 9.17) is 0 Å². The van der Waals surface area contributed by atoms with Gasteiger partial charge in [-0.25, -0.2) is 13.4 Å². The van der Waals surface area contributed by atoms with Crippen molar-refractivity contribution >= 4 is 21.1 Å². The minimum Gasteiger partial charge on any atom is -0.324 e. The molecule has 0 N–H and O–H groups in total. The summed E-state index contributed by atoms with van der Waals surface area (Å²) in [5, 5.41) is 0. The Balaban J connectivity index is 1.51. The van der Waals surface area contributed by atoms with Gasteiger partial charge in [0, 0.05) is 13.1 Å². The van der Waals surface area contributed by atoms with Gasteiger partial charge in [0.1, 0.15) is 5.82 Å². The summed E-state index contributed by atoms with van der Waals surface area (Å²) in [5.41, 5.74) is 1.39. The zero-order valence-electron chi connectivity index (χ0n) is 15.7. The molecule has 0 bridgehead atoms. The minimum atomic E-state index is -4.44. The Morgan fingerprint density at radius 2 is 1.79 bits per heavy atom. The summed E-state index contributed by atoms with van der Waals surface area (Å²) < 4.78 is 67.2. The lowest BCUT2D eigenvalue weighted by molar-refractivity contribution is -0.137. The van der Waals surface area contributed by atoms with Gasteiger partial charge in [-0.1, -0.05) is 24.3 Å². The van der Waals surface area contributed by atoms with Crippen molar-refractivity contribution in [1.82, 2.24) is 13.9 Å². The Bertz CT molecular complexity index is 1140. The second kappa shape index (κ2) is 7.14. The molecule has 0 unspecified atom stereocenters. The number of hydrogen-bond acceptors (Lipinski definition) is 3. The van der Waals surface area contributed by atoms with E-state index in [0.717, 1.165) is 29.0 Å². The summed E-state index contributed by atoms with van der Waals surface area (Å²) in [6.07, 6.45) is -3.78. The number of hydrogen-bond donors (Lipinski definition) is 0. The number of halogens is 3. The van der Waals surface area contributed by atoms with Crippen LogP contribution >= 0.6 is 0 Å². The van der Waals surface area contributed by atoms with Crippen LogP contribution in [0.4, 0.5) is 13.2 Å². The predicted molar refractivity (Wildman–Crippen MR) is 104 cm³/mol. The largest absolute Gasteiger partial charge is 0.416 e. The molecule has 1 aliphatic heterocycles. The van der Waals surface area contributed by atoms with Crippen molar-refractivity contribution in [3.8, 4) is 0 Å². The number of nitrogens with zero attached hydrogens (tertiary/aromatic N) is 3. The zero-order valence-corrected chi connectivity index (χ0v) is 16.5. The topological polar surface area (TPSA) is 55.2 Å². The van der Waals surface area contributed by atoms with Crippen LogP contribution in [0.5, 0.6) is 0 Å². The van der Waals surface area contributed by atoms with E-state index in [2.05, 4.69) is 9.55 Å². The van der Waals surface area contributed by atoms with E-state index in [1.807, 2.05) is 31.2 Å². The van der Waals surface area contributed by atoms with Crippen LogP contribution in [0, 0.1) is 6.92 Å². The maximum Gasteiger partial charge on any atom is 0.416 e. The first kappa shape index (κ1) is 19.9. The van der Waals surface area contributed by atoms with Gasteiger partial charge < -0.3 is 4.57 Å². The summed E-state index contributed by atoms with van der Waals surface area (Å²) in [5.74, 6) is 0.514. The number of rotatable bonds is 4. The second-order valence-electron chi connectivity index (χ2n) is 7.27. The molecule has 1 aromatic heterocycles. The Morgan fingerprint density at radius 1 is 1.10 bits per heavy atom. The van der Waals surface area contributed by atoms with E-state index < -0.39 is 21.8 Å². The number of fused-ring (bicyclic) bond motifs is 1. The Hall–Kier alpha value is -2.39. The molecule has 0 amide bonds. The molecular formula is C20H20F3N3O2S. The molecule has 0 spiro atoms. The van der Waals surface area contributed by atoms with E-state index in [-0.39, 0.29) is 11.8 Å². The number of sulfonamides is 1. The number of aryl methyl sites for hydroxylation is 1. The van der Waals surface area contributed by atoms with Gasteiger partial charge >= 0.3 is 6.18 Å². The summed E-state index contributed by atoms with van der Waals surface area (Å²) >= 11 is 0. The minimum absolute atomic E-state index is 0.0234. The number of aromatic nitrogens is 2. The average molecular weight is 423 g/mol. The van der Waals surface area contributed by atoms with Gasteiger partial charge in [0.05, 0.1) is 28.4 Å². The lowest BCUT2D eigenvalue weighted by atomic mass is 10.1. The predicted octanol–water partition coefficient (Wildman–Crippen LogP) is 4.14. The highest BCUT2D eigenvalue weighted by molar-refractivity contribution is 7.88. The normalized spacial score (nSPS) is 18.6. The van der Waals surface area contributed by atoms with Crippen molar-refractivity contribution in [2.75, 3.05) is 13.1 Å². The van der Waals surface area contributed by atoms with E-state index >= 15 is 0 Å². The molecule has 5 nitrogen and oxygen atoms in total. The van der Waals surface area contributed by atoms with Gasteiger partial charge in [-0.2, -0.15) is 17.5 Å². The summed E-state index contributed by atoms with van der Waals surface area (Å²) in [7, 11) is -3.63. The van der Waals surface area contributed by atoms with Crippen molar-refractivity contribution in [1.29, 1.82) is 0 Å². The van der Waals surface area contributed by atoms with Crippen molar-refractivity contribution < 1.29 is 21.6 Å². The first-order chi connectivity index (χ1) is 13.6. The van der Waals surface area contributed by atoms with Crippen LogP contribution in [-0.2, 0) is 22.0 Å². The molecule has 9 heteroatoms. The van der Waals surface area contributed by atoms with Gasteiger partial charge in [-0.3, -0.25) is 0 Å². The molecule has 0 saturated carbocycles. The molecule has 1 fully saturated rings. The molecular weight excluding hydrogens is 403 g/mol. The number of alkyl halides is 3. The molecule has 154 valence electrons. The Morgan fingerprint density at radius 3 is 2.48 bits per heavy atom. The fraction of sp³-hybridized carbons (Fsp3) is 0.350. The average Bonchev–Trinajstić information content (AvgIpc) is 3.25. The van der Waals surface area contributed by atoms with Gasteiger partial charge in [0.25, 0.3) is 0 Å². The van der Waals surface area contributed by atoms with Gasteiger partial charge in [-0.15, -0.1) is 0 Å². The van der Waals surface area contributed by atoms with E-state index in [0.29, 0.717) is 25.1 Å². The summed E-state index contributed by atoms with van der Waals surface area (Å²) in [6.45, 7) is 2.60. The third-order valence-corrected chi connectivity index (χ3v) is 7.10. The molecule has 0 aliphatic carbocycles. The highest BCUT2D eigenvalue weighted by atomic mass is 32.2. The van der Waals surface area contributed by atoms with Gasteiger partial charge in [0.2, 0.25) is 10.0 Å². The lowest BCUT2D eigenvalue weighted by Crippen LogP contribution is -2.30. The van der Waals surface area contributed by atoms with Crippen LogP contribution in [0.3, 0.4) is 0 Å². The fourth-order valence-electron chi connectivity index (χ4n) is 3.89.